The molecule has 1 aliphatic heterocycles. The Morgan fingerprint density at radius 1 is 1.35 bits per heavy atom. The van der Waals surface area contributed by atoms with Crippen LogP contribution in [-0.2, 0) is 11.2 Å². The summed E-state index contributed by atoms with van der Waals surface area (Å²) in [5.74, 6) is 0.659. The van der Waals surface area contributed by atoms with E-state index in [0.29, 0.717) is 18.9 Å². The minimum Gasteiger partial charge on any atom is -0.330 e. The third kappa shape index (κ3) is 2.87. The number of carbonyl (C=O) groups excluding carboxylic acids is 1. The molecule has 1 saturated heterocycles. The van der Waals surface area contributed by atoms with Crippen molar-refractivity contribution in [2.75, 3.05) is 23.3 Å². The van der Waals surface area contributed by atoms with Gasteiger partial charge in [0.1, 0.15) is 0 Å². The molecule has 1 atom stereocenters. The molecule has 1 amide bonds. The second-order valence-corrected chi connectivity index (χ2v) is 5.08. The van der Waals surface area contributed by atoms with Crippen LogP contribution in [-0.4, -0.2) is 24.3 Å². The Hall–Kier alpha value is -0.870. The maximum absolute atomic E-state index is 11.8. The van der Waals surface area contributed by atoms with Gasteiger partial charge in [0.15, 0.2) is 0 Å². The molecule has 92 valence electrons. The fourth-order valence-electron chi connectivity index (χ4n) is 2.14. The third-order valence-corrected chi connectivity index (χ3v) is 4.02. The van der Waals surface area contributed by atoms with Crippen LogP contribution in [0.5, 0.6) is 0 Å². The number of hydrogen-bond donors (Lipinski definition) is 1. The van der Waals surface area contributed by atoms with Crippen LogP contribution < -0.4 is 10.6 Å². The highest BCUT2D eigenvalue weighted by molar-refractivity contribution is 9.09. The van der Waals surface area contributed by atoms with Gasteiger partial charge in [0, 0.05) is 24.0 Å². The molecule has 0 bridgehead atoms. The lowest BCUT2D eigenvalue weighted by Crippen LogP contribution is -2.24. The Kier molecular flexibility index (Phi) is 4.18. The molecule has 1 heterocycles. The molecule has 1 aliphatic rings. The van der Waals surface area contributed by atoms with Gasteiger partial charge in [-0.1, -0.05) is 28.1 Å². The van der Waals surface area contributed by atoms with Crippen molar-refractivity contribution < 1.29 is 4.79 Å². The zero-order valence-electron chi connectivity index (χ0n) is 9.73. The first-order valence-electron chi connectivity index (χ1n) is 5.90. The number of carbonyl (C=O) groups is 1. The Balaban J connectivity index is 2.09. The Bertz CT molecular complexity index is 391. The Labute approximate surface area is 110 Å². The van der Waals surface area contributed by atoms with Crippen LogP contribution in [0.25, 0.3) is 0 Å². The number of hydrogen-bond acceptors (Lipinski definition) is 2. The smallest absolute Gasteiger partial charge is 0.227 e. The van der Waals surface area contributed by atoms with Gasteiger partial charge in [-0.25, -0.2) is 0 Å². The first kappa shape index (κ1) is 12.6. The highest BCUT2D eigenvalue weighted by atomic mass is 79.9. The van der Waals surface area contributed by atoms with E-state index in [1.54, 1.807) is 0 Å². The van der Waals surface area contributed by atoms with E-state index in [1.165, 1.54) is 5.56 Å². The average molecular weight is 297 g/mol. The molecule has 0 spiro atoms. The second kappa shape index (κ2) is 5.65. The highest BCUT2D eigenvalue weighted by Crippen LogP contribution is 2.26. The summed E-state index contributed by atoms with van der Waals surface area (Å²) in [7, 11) is 0. The summed E-state index contributed by atoms with van der Waals surface area (Å²) in [6, 6.07) is 8.13. The summed E-state index contributed by atoms with van der Waals surface area (Å²) in [5.41, 5.74) is 7.73. The largest absolute Gasteiger partial charge is 0.330 e. The lowest BCUT2D eigenvalue weighted by atomic mass is 10.1. The van der Waals surface area contributed by atoms with Crippen LogP contribution in [0.4, 0.5) is 5.69 Å². The lowest BCUT2D eigenvalue weighted by Gasteiger charge is -2.16. The van der Waals surface area contributed by atoms with E-state index in [9.17, 15) is 4.79 Å². The topological polar surface area (TPSA) is 46.3 Å². The number of anilines is 1. The summed E-state index contributed by atoms with van der Waals surface area (Å²) in [6.07, 6.45) is 1.54. The van der Waals surface area contributed by atoms with Gasteiger partial charge >= 0.3 is 0 Å². The first-order chi connectivity index (χ1) is 8.24. The molecular weight excluding hydrogens is 280 g/mol. The summed E-state index contributed by atoms with van der Waals surface area (Å²) in [6.45, 7) is 1.48. The standard InChI is InChI=1S/C13H17BrN2O/c14-8-11-7-13(17)16(9-11)12-3-1-10(2-4-12)5-6-15/h1-4,11H,5-9,15H2. The van der Waals surface area contributed by atoms with E-state index in [0.717, 1.165) is 24.0 Å². The number of rotatable bonds is 4. The zero-order chi connectivity index (χ0) is 12.3. The van der Waals surface area contributed by atoms with Crippen molar-refractivity contribution in [2.24, 2.45) is 11.7 Å². The summed E-state index contributed by atoms with van der Waals surface area (Å²) >= 11 is 3.44. The number of nitrogens with two attached hydrogens (primary N) is 1. The zero-order valence-corrected chi connectivity index (χ0v) is 11.3. The van der Waals surface area contributed by atoms with E-state index in [4.69, 9.17) is 5.73 Å². The molecule has 0 radical (unpaired) electrons. The first-order valence-corrected chi connectivity index (χ1v) is 7.02. The van der Waals surface area contributed by atoms with Gasteiger partial charge in [0.2, 0.25) is 5.91 Å². The number of halogens is 1. The Morgan fingerprint density at radius 3 is 2.59 bits per heavy atom. The fraction of sp³-hybridized carbons (Fsp3) is 0.462. The van der Waals surface area contributed by atoms with Crippen LogP contribution in [0.15, 0.2) is 24.3 Å². The molecular formula is C13H17BrN2O. The van der Waals surface area contributed by atoms with Crippen LogP contribution >= 0.6 is 15.9 Å². The van der Waals surface area contributed by atoms with Crippen molar-refractivity contribution in [3.8, 4) is 0 Å². The fourth-order valence-corrected chi connectivity index (χ4v) is 2.58. The van der Waals surface area contributed by atoms with Crippen molar-refractivity contribution in [2.45, 2.75) is 12.8 Å². The van der Waals surface area contributed by atoms with E-state index in [-0.39, 0.29) is 5.91 Å². The minimum atomic E-state index is 0.223. The monoisotopic (exact) mass is 296 g/mol. The van der Waals surface area contributed by atoms with E-state index < -0.39 is 0 Å². The molecule has 17 heavy (non-hydrogen) atoms. The van der Waals surface area contributed by atoms with E-state index in [2.05, 4.69) is 28.1 Å². The van der Waals surface area contributed by atoms with Crippen molar-refractivity contribution >= 4 is 27.5 Å². The predicted octanol–water partition coefficient (Wildman–Crippen LogP) is 1.94. The minimum absolute atomic E-state index is 0.223. The molecule has 0 saturated carbocycles. The SMILES string of the molecule is NCCc1ccc(N2CC(CBr)CC2=O)cc1. The molecule has 0 aromatic heterocycles. The van der Waals surface area contributed by atoms with Crippen LogP contribution in [0, 0.1) is 5.92 Å². The highest BCUT2D eigenvalue weighted by Gasteiger charge is 2.29. The van der Waals surface area contributed by atoms with E-state index >= 15 is 0 Å². The molecule has 2 N–H and O–H groups in total. The third-order valence-electron chi connectivity index (χ3n) is 3.10. The number of benzene rings is 1. The van der Waals surface area contributed by atoms with Crippen LogP contribution in [0.1, 0.15) is 12.0 Å². The normalized spacial score (nSPS) is 20.0. The maximum atomic E-state index is 11.8. The predicted molar refractivity (Wildman–Crippen MR) is 73.5 cm³/mol. The summed E-state index contributed by atoms with van der Waals surface area (Å²) < 4.78 is 0. The van der Waals surface area contributed by atoms with Crippen molar-refractivity contribution in [3.05, 3.63) is 29.8 Å². The molecule has 1 unspecified atom stereocenters. The van der Waals surface area contributed by atoms with Gasteiger partial charge < -0.3 is 10.6 Å². The summed E-state index contributed by atoms with van der Waals surface area (Å²) in [5, 5.41) is 0.889. The lowest BCUT2D eigenvalue weighted by molar-refractivity contribution is -0.117. The Morgan fingerprint density at radius 2 is 2.06 bits per heavy atom. The molecule has 4 heteroatoms. The molecule has 3 nitrogen and oxygen atoms in total. The van der Waals surface area contributed by atoms with Crippen LogP contribution in [0.2, 0.25) is 0 Å². The van der Waals surface area contributed by atoms with Crippen molar-refractivity contribution in [1.82, 2.24) is 0 Å². The van der Waals surface area contributed by atoms with Gasteiger partial charge in [0.05, 0.1) is 0 Å². The van der Waals surface area contributed by atoms with Gasteiger partial charge in [-0.2, -0.15) is 0 Å². The van der Waals surface area contributed by atoms with Gasteiger partial charge in [0.25, 0.3) is 0 Å². The van der Waals surface area contributed by atoms with Gasteiger partial charge in [-0.05, 0) is 36.6 Å². The van der Waals surface area contributed by atoms with Crippen LogP contribution in [0.3, 0.4) is 0 Å². The molecule has 2 rings (SSSR count). The molecule has 1 aromatic rings. The number of alkyl halides is 1. The number of amides is 1. The van der Waals surface area contributed by atoms with Crippen molar-refractivity contribution in [1.29, 1.82) is 0 Å². The average Bonchev–Trinajstić information content (AvgIpc) is 2.72. The molecule has 1 fully saturated rings. The summed E-state index contributed by atoms with van der Waals surface area (Å²) in [4.78, 5) is 13.7. The number of nitrogens with zero attached hydrogens (tertiary/aromatic N) is 1. The molecule has 1 aromatic carbocycles. The maximum Gasteiger partial charge on any atom is 0.227 e. The quantitative estimate of drug-likeness (QED) is 0.863. The molecule has 0 aliphatic carbocycles. The second-order valence-electron chi connectivity index (χ2n) is 4.43. The van der Waals surface area contributed by atoms with Gasteiger partial charge in [-0.3, -0.25) is 4.79 Å². The van der Waals surface area contributed by atoms with Gasteiger partial charge in [-0.15, -0.1) is 0 Å². The van der Waals surface area contributed by atoms with E-state index in [1.807, 2.05) is 17.0 Å². The van der Waals surface area contributed by atoms with Crippen molar-refractivity contribution in [3.63, 3.8) is 0 Å².